The zero-order valence-electron chi connectivity index (χ0n) is 16.3. The molecule has 1 aromatic heterocycles. The summed E-state index contributed by atoms with van der Waals surface area (Å²) in [7, 11) is -0.557. The highest BCUT2D eigenvalue weighted by atomic mass is 32.1. The molecule has 2 aromatic carbocycles. The summed E-state index contributed by atoms with van der Waals surface area (Å²) in [5.74, 6) is -0.165. The highest BCUT2D eigenvalue weighted by molar-refractivity contribution is 7.50. The smallest absolute Gasteiger partial charge is 0.255 e. The molecule has 6 heteroatoms. The Morgan fingerprint density at radius 3 is 2.71 bits per heavy atom. The lowest BCUT2D eigenvalue weighted by molar-refractivity contribution is 0.102. The third-order valence-corrected chi connectivity index (χ3v) is 6.60. The number of carbonyl (C=O) groups excluding carboxylic acids is 1. The van der Waals surface area contributed by atoms with Gasteiger partial charge in [0.15, 0.2) is 0 Å². The largest absolute Gasteiger partial charge is 0.397 e. The summed E-state index contributed by atoms with van der Waals surface area (Å²) < 4.78 is 5.86. The van der Waals surface area contributed by atoms with E-state index in [1.54, 1.807) is 11.3 Å². The van der Waals surface area contributed by atoms with E-state index in [1.807, 2.05) is 73.8 Å². The average Bonchev–Trinajstić information content (AvgIpc) is 3.17. The van der Waals surface area contributed by atoms with Gasteiger partial charge in [0.2, 0.25) is 0 Å². The molecule has 0 bridgehead atoms. The summed E-state index contributed by atoms with van der Waals surface area (Å²) in [5.41, 5.74) is 10.0. The van der Waals surface area contributed by atoms with Gasteiger partial charge >= 0.3 is 0 Å². The number of nitrogens with one attached hydrogen (secondary N) is 1. The molecular weight excluding hydrogens is 387 g/mol. The second-order valence-corrected chi connectivity index (χ2v) is 9.60. The van der Waals surface area contributed by atoms with Gasteiger partial charge in [-0.1, -0.05) is 24.3 Å². The van der Waals surface area contributed by atoms with Crippen LogP contribution in [0.5, 0.6) is 0 Å². The second kappa shape index (κ2) is 9.33. The fraction of sp³-hybridized carbons (Fsp3) is 0.227. The maximum Gasteiger partial charge on any atom is 0.255 e. The van der Waals surface area contributed by atoms with Gasteiger partial charge in [-0.3, -0.25) is 4.79 Å². The lowest BCUT2D eigenvalue weighted by atomic mass is 10.1. The predicted molar refractivity (Wildman–Crippen MR) is 121 cm³/mol. The van der Waals surface area contributed by atoms with Crippen LogP contribution in [0.1, 0.15) is 29.8 Å². The van der Waals surface area contributed by atoms with Crippen molar-refractivity contribution in [2.75, 3.05) is 17.7 Å². The van der Waals surface area contributed by atoms with Gasteiger partial charge in [-0.15, -0.1) is 11.3 Å². The molecular formula is C22H25N2O2PS. The first kappa shape index (κ1) is 20.5. The molecule has 3 rings (SSSR count). The van der Waals surface area contributed by atoms with Gasteiger partial charge < -0.3 is 15.6 Å². The Bertz CT molecular complexity index is 941. The van der Waals surface area contributed by atoms with E-state index < -0.39 is 8.15 Å². The minimum absolute atomic E-state index is 0.165. The first-order valence-electron chi connectivity index (χ1n) is 9.14. The molecule has 0 radical (unpaired) electrons. The van der Waals surface area contributed by atoms with Crippen LogP contribution in [0.25, 0.3) is 10.4 Å². The molecule has 1 unspecified atom stereocenters. The van der Waals surface area contributed by atoms with Crippen molar-refractivity contribution in [2.45, 2.75) is 26.1 Å². The third kappa shape index (κ3) is 5.41. The number of benzene rings is 2. The fourth-order valence-corrected chi connectivity index (χ4v) is 5.15. The Morgan fingerprint density at radius 2 is 2.00 bits per heavy atom. The summed E-state index contributed by atoms with van der Waals surface area (Å²) >= 11 is 1.65. The standard InChI is InChI=1S/C22H25N2O2PS/c1-15(2)26-27(3)14-16-6-4-7-18(12-16)22(25)24-20-13-17(9-10-19(20)23)21-8-5-11-28-21/h4-13,15H,14,23H2,1-3H3,(H,24,25). The molecule has 3 aromatic rings. The van der Waals surface area contributed by atoms with E-state index in [2.05, 4.69) is 12.0 Å². The van der Waals surface area contributed by atoms with E-state index in [4.69, 9.17) is 10.3 Å². The second-order valence-electron chi connectivity index (χ2n) is 6.87. The van der Waals surface area contributed by atoms with Crippen molar-refractivity contribution >= 4 is 36.8 Å². The highest BCUT2D eigenvalue weighted by Crippen LogP contribution is 2.38. The van der Waals surface area contributed by atoms with Crippen molar-refractivity contribution in [3.8, 4) is 10.4 Å². The zero-order valence-corrected chi connectivity index (χ0v) is 18.0. The summed E-state index contributed by atoms with van der Waals surface area (Å²) in [4.78, 5) is 13.9. The number of nitrogen functional groups attached to an aromatic ring is 1. The van der Waals surface area contributed by atoms with Gasteiger partial charge in [0.1, 0.15) is 0 Å². The van der Waals surface area contributed by atoms with Gasteiger partial charge in [0.05, 0.1) is 17.5 Å². The molecule has 0 spiro atoms. The Kier molecular flexibility index (Phi) is 6.84. The summed E-state index contributed by atoms with van der Waals surface area (Å²) in [6, 6.07) is 17.5. The van der Waals surface area contributed by atoms with Crippen molar-refractivity contribution in [3.63, 3.8) is 0 Å². The van der Waals surface area contributed by atoms with Gasteiger partial charge in [-0.25, -0.2) is 0 Å². The van der Waals surface area contributed by atoms with Crippen LogP contribution in [-0.4, -0.2) is 18.7 Å². The van der Waals surface area contributed by atoms with Crippen LogP contribution in [0, 0.1) is 0 Å². The van der Waals surface area contributed by atoms with E-state index in [1.165, 1.54) is 0 Å². The number of hydrogen-bond donors (Lipinski definition) is 2. The molecule has 0 aliphatic carbocycles. The number of thiophene rings is 1. The molecule has 3 N–H and O–H groups in total. The van der Waals surface area contributed by atoms with Crippen LogP contribution in [0.3, 0.4) is 0 Å². The molecule has 1 heterocycles. The van der Waals surface area contributed by atoms with Crippen LogP contribution in [0.2, 0.25) is 0 Å². The number of carbonyl (C=O) groups is 1. The molecule has 0 aliphatic heterocycles. The summed E-state index contributed by atoms with van der Waals surface area (Å²) in [6.07, 6.45) is 1.03. The van der Waals surface area contributed by atoms with E-state index in [0.29, 0.717) is 16.9 Å². The maximum atomic E-state index is 12.8. The summed E-state index contributed by atoms with van der Waals surface area (Å²) in [6.45, 7) is 6.19. The molecule has 0 saturated heterocycles. The first-order valence-corrected chi connectivity index (χ1v) is 11.9. The third-order valence-electron chi connectivity index (χ3n) is 4.09. The van der Waals surface area contributed by atoms with Crippen LogP contribution in [0.15, 0.2) is 60.0 Å². The minimum Gasteiger partial charge on any atom is -0.397 e. The molecule has 1 amide bonds. The fourth-order valence-electron chi connectivity index (χ4n) is 2.92. The number of anilines is 2. The zero-order chi connectivity index (χ0) is 20.1. The Hall–Kier alpha value is -2.20. The quantitative estimate of drug-likeness (QED) is 0.359. The van der Waals surface area contributed by atoms with E-state index in [9.17, 15) is 4.79 Å². The van der Waals surface area contributed by atoms with Crippen LogP contribution in [-0.2, 0) is 10.7 Å². The van der Waals surface area contributed by atoms with Gasteiger partial charge in [-0.2, -0.15) is 0 Å². The number of amides is 1. The first-order chi connectivity index (χ1) is 13.4. The van der Waals surface area contributed by atoms with Gasteiger partial charge in [-0.05, 0) is 67.4 Å². The van der Waals surface area contributed by atoms with Crippen molar-refractivity contribution < 1.29 is 9.32 Å². The van der Waals surface area contributed by atoms with Gasteiger partial charge in [0.25, 0.3) is 5.91 Å². The van der Waals surface area contributed by atoms with E-state index in [0.717, 1.165) is 22.2 Å². The average molecular weight is 412 g/mol. The molecule has 4 nitrogen and oxygen atoms in total. The van der Waals surface area contributed by atoms with Crippen LogP contribution < -0.4 is 11.1 Å². The minimum atomic E-state index is -0.557. The molecule has 0 fully saturated rings. The number of hydrogen-bond acceptors (Lipinski definition) is 4. The normalized spacial score (nSPS) is 12.1. The Labute approximate surface area is 171 Å². The van der Waals surface area contributed by atoms with Gasteiger partial charge in [0, 0.05) is 24.8 Å². The van der Waals surface area contributed by atoms with Crippen molar-refractivity contribution in [2.24, 2.45) is 0 Å². The molecule has 0 aliphatic rings. The Morgan fingerprint density at radius 1 is 1.18 bits per heavy atom. The van der Waals surface area contributed by atoms with Crippen LogP contribution >= 0.6 is 19.5 Å². The topological polar surface area (TPSA) is 64.3 Å². The van der Waals surface area contributed by atoms with E-state index >= 15 is 0 Å². The lowest BCUT2D eigenvalue weighted by Gasteiger charge is -2.16. The maximum absolute atomic E-state index is 12.8. The van der Waals surface area contributed by atoms with Crippen molar-refractivity contribution in [1.29, 1.82) is 0 Å². The van der Waals surface area contributed by atoms with E-state index in [-0.39, 0.29) is 12.0 Å². The molecule has 0 saturated carbocycles. The Balaban J connectivity index is 1.75. The number of rotatable bonds is 7. The SMILES string of the molecule is CC(C)OP(C)Cc1cccc(C(=O)Nc2cc(-c3cccs3)ccc2N)c1. The molecule has 1 atom stereocenters. The molecule has 28 heavy (non-hydrogen) atoms. The van der Waals surface area contributed by atoms with Crippen molar-refractivity contribution in [3.05, 3.63) is 71.1 Å². The number of nitrogens with two attached hydrogens (primary N) is 1. The monoisotopic (exact) mass is 412 g/mol. The lowest BCUT2D eigenvalue weighted by Crippen LogP contribution is -2.13. The van der Waals surface area contributed by atoms with Crippen LogP contribution in [0.4, 0.5) is 11.4 Å². The molecule has 146 valence electrons. The highest BCUT2D eigenvalue weighted by Gasteiger charge is 2.12. The predicted octanol–water partition coefficient (Wildman–Crippen LogP) is 6.20. The summed E-state index contributed by atoms with van der Waals surface area (Å²) in [5, 5.41) is 4.99. The van der Waals surface area contributed by atoms with Crippen molar-refractivity contribution in [1.82, 2.24) is 0 Å².